The number of pyridine rings is 1. The monoisotopic (exact) mass is 296 g/mol. The normalized spacial score (nSPS) is 10.1. The number of nitrogens with zero attached hydrogens (tertiary/aromatic N) is 1. The number of aromatic nitrogens is 1. The molecule has 2 rings (SSSR count). The van der Waals surface area contributed by atoms with E-state index in [1.165, 1.54) is 0 Å². The Morgan fingerprint density at radius 2 is 2.06 bits per heavy atom. The van der Waals surface area contributed by atoms with E-state index >= 15 is 0 Å². The van der Waals surface area contributed by atoms with E-state index in [2.05, 4.69) is 26.2 Å². The van der Waals surface area contributed by atoms with Gasteiger partial charge in [0.25, 0.3) is 0 Å². The first-order valence-corrected chi connectivity index (χ1v) is 6.02. The van der Waals surface area contributed by atoms with Crippen LogP contribution in [0.15, 0.2) is 47.1 Å². The van der Waals surface area contributed by atoms with Gasteiger partial charge in [-0.1, -0.05) is 23.7 Å². The molecule has 0 aliphatic heterocycles. The van der Waals surface area contributed by atoms with E-state index in [-0.39, 0.29) is 0 Å². The van der Waals surface area contributed by atoms with Crippen LogP contribution < -0.4 is 5.32 Å². The maximum absolute atomic E-state index is 5.99. The van der Waals surface area contributed by atoms with Gasteiger partial charge >= 0.3 is 0 Å². The third-order valence-electron chi connectivity index (χ3n) is 2.14. The van der Waals surface area contributed by atoms with Crippen molar-refractivity contribution in [2.75, 3.05) is 5.32 Å². The summed E-state index contributed by atoms with van der Waals surface area (Å²) in [5.74, 6) is 0. The van der Waals surface area contributed by atoms with Crippen molar-refractivity contribution < 1.29 is 0 Å². The Morgan fingerprint density at radius 1 is 1.19 bits per heavy atom. The molecule has 0 fully saturated rings. The number of halogens is 2. The van der Waals surface area contributed by atoms with Crippen LogP contribution >= 0.6 is 27.5 Å². The van der Waals surface area contributed by atoms with Crippen LogP contribution in [0.3, 0.4) is 0 Å². The summed E-state index contributed by atoms with van der Waals surface area (Å²) in [5, 5.41) is 3.98. The van der Waals surface area contributed by atoms with Crippen molar-refractivity contribution in [1.29, 1.82) is 0 Å². The van der Waals surface area contributed by atoms with Gasteiger partial charge in [0, 0.05) is 6.20 Å². The first-order valence-electron chi connectivity index (χ1n) is 4.85. The third kappa shape index (κ3) is 2.74. The molecular weight excluding hydrogens is 288 g/mol. The van der Waals surface area contributed by atoms with Crippen molar-refractivity contribution in [2.45, 2.75) is 6.54 Å². The number of rotatable bonds is 3. The van der Waals surface area contributed by atoms with Gasteiger partial charge in [-0.25, -0.2) is 0 Å². The van der Waals surface area contributed by atoms with Crippen LogP contribution in [0.4, 0.5) is 5.69 Å². The third-order valence-corrected chi connectivity index (χ3v) is 3.54. The van der Waals surface area contributed by atoms with Gasteiger partial charge in [0.2, 0.25) is 0 Å². The van der Waals surface area contributed by atoms with Gasteiger partial charge in [0.1, 0.15) is 0 Å². The van der Waals surface area contributed by atoms with E-state index in [1.54, 1.807) is 6.20 Å². The zero-order valence-electron chi connectivity index (χ0n) is 8.45. The van der Waals surface area contributed by atoms with Gasteiger partial charge in [-0.2, -0.15) is 0 Å². The molecule has 0 aliphatic carbocycles. The zero-order chi connectivity index (χ0) is 11.4. The van der Waals surface area contributed by atoms with E-state index < -0.39 is 0 Å². The number of hydrogen-bond acceptors (Lipinski definition) is 2. The molecule has 1 aromatic heterocycles. The summed E-state index contributed by atoms with van der Waals surface area (Å²) < 4.78 is 0.882. The fourth-order valence-corrected chi connectivity index (χ4v) is 1.91. The van der Waals surface area contributed by atoms with Crippen LogP contribution in [-0.2, 0) is 6.54 Å². The fraction of sp³-hybridized carbons (Fsp3) is 0.0833. The SMILES string of the molecule is Clc1cccc(NCc2ccccn2)c1Br. The average Bonchev–Trinajstić information content (AvgIpc) is 2.32. The minimum Gasteiger partial charge on any atom is -0.378 e. The molecule has 1 heterocycles. The highest BCUT2D eigenvalue weighted by Gasteiger charge is 2.02. The lowest BCUT2D eigenvalue weighted by Gasteiger charge is -2.08. The van der Waals surface area contributed by atoms with Gasteiger partial charge in [0.05, 0.1) is 27.4 Å². The highest BCUT2D eigenvalue weighted by Crippen LogP contribution is 2.30. The van der Waals surface area contributed by atoms with E-state index in [4.69, 9.17) is 11.6 Å². The molecule has 0 spiro atoms. The summed E-state index contributed by atoms with van der Waals surface area (Å²) in [7, 11) is 0. The average molecular weight is 298 g/mol. The Bertz CT molecular complexity index is 474. The Labute approximate surface area is 108 Å². The van der Waals surface area contributed by atoms with Crippen LogP contribution in [0.2, 0.25) is 5.02 Å². The van der Waals surface area contributed by atoms with Gasteiger partial charge in [-0.3, -0.25) is 4.98 Å². The Kier molecular flexibility index (Phi) is 3.80. The van der Waals surface area contributed by atoms with Crippen LogP contribution in [-0.4, -0.2) is 4.98 Å². The standard InChI is InChI=1S/C12H10BrClN2/c13-12-10(14)5-3-6-11(12)16-8-9-4-1-2-7-15-9/h1-7,16H,8H2. The molecule has 82 valence electrons. The molecule has 0 saturated carbocycles. The topological polar surface area (TPSA) is 24.9 Å². The Balaban J connectivity index is 2.08. The van der Waals surface area contributed by atoms with Crippen LogP contribution in [0.5, 0.6) is 0 Å². The summed E-state index contributed by atoms with van der Waals surface area (Å²) >= 11 is 9.43. The molecule has 2 nitrogen and oxygen atoms in total. The van der Waals surface area contributed by atoms with Crippen molar-refractivity contribution in [2.24, 2.45) is 0 Å². The number of anilines is 1. The summed E-state index contributed by atoms with van der Waals surface area (Å²) in [6.45, 7) is 0.680. The molecule has 16 heavy (non-hydrogen) atoms. The zero-order valence-corrected chi connectivity index (χ0v) is 10.8. The molecular formula is C12H10BrClN2. The molecule has 4 heteroatoms. The van der Waals surface area contributed by atoms with Crippen molar-refractivity contribution >= 4 is 33.2 Å². The second-order valence-electron chi connectivity index (χ2n) is 3.28. The summed E-state index contributed by atoms with van der Waals surface area (Å²) in [6, 6.07) is 11.6. The van der Waals surface area contributed by atoms with Gasteiger partial charge < -0.3 is 5.32 Å². The van der Waals surface area contributed by atoms with Crippen LogP contribution in [0, 0.1) is 0 Å². The number of benzene rings is 1. The predicted octanol–water partition coefficient (Wildman–Crippen LogP) is 4.11. The second kappa shape index (κ2) is 5.32. The second-order valence-corrected chi connectivity index (χ2v) is 4.48. The summed E-state index contributed by atoms with van der Waals surface area (Å²) in [4.78, 5) is 4.24. The van der Waals surface area contributed by atoms with E-state index in [9.17, 15) is 0 Å². The van der Waals surface area contributed by atoms with Gasteiger partial charge in [0.15, 0.2) is 0 Å². The molecule has 0 unspecified atom stereocenters. The summed E-state index contributed by atoms with van der Waals surface area (Å²) in [6.07, 6.45) is 1.78. The van der Waals surface area contributed by atoms with Crippen LogP contribution in [0.1, 0.15) is 5.69 Å². The molecule has 0 bridgehead atoms. The molecule has 0 saturated heterocycles. The maximum Gasteiger partial charge on any atom is 0.0594 e. The molecule has 2 aromatic rings. The molecule has 0 atom stereocenters. The number of nitrogens with one attached hydrogen (secondary N) is 1. The van der Waals surface area contributed by atoms with Crippen molar-refractivity contribution in [1.82, 2.24) is 4.98 Å². The molecule has 0 amide bonds. The molecule has 1 aromatic carbocycles. The molecule has 0 aliphatic rings. The van der Waals surface area contributed by atoms with Crippen molar-refractivity contribution in [3.8, 4) is 0 Å². The lowest BCUT2D eigenvalue weighted by Crippen LogP contribution is -2.01. The first kappa shape index (κ1) is 11.4. The Hall–Kier alpha value is -1.06. The highest BCUT2D eigenvalue weighted by atomic mass is 79.9. The van der Waals surface area contributed by atoms with Crippen LogP contribution in [0.25, 0.3) is 0 Å². The first-order chi connectivity index (χ1) is 7.77. The quantitative estimate of drug-likeness (QED) is 0.922. The fourth-order valence-electron chi connectivity index (χ4n) is 1.33. The largest absolute Gasteiger partial charge is 0.378 e. The lowest BCUT2D eigenvalue weighted by molar-refractivity contribution is 1.04. The number of hydrogen-bond donors (Lipinski definition) is 1. The molecule has 0 radical (unpaired) electrons. The predicted molar refractivity (Wildman–Crippen MR) is 70.7 cm³/mol. The Morgan fingerprint density at radius 3 is 2.81 bits per heavy atom. The minimum absolute atomic E-state index is 0.680. The minimum atomic E-state index is 0.680. The summed E-state index contributed by atoms with van der Waals surface area (Å²) in [5.41, 5.74) is 1.97. The highest BCUT2D eigenvalue weighted by molar-refractivity contribution is 9.10. The van der Waals surface area contributed by atoms with Gasteiger partial charge in [-0.05, 0) is 40.2 Å². The van der Waals surface area contributed by atoms with Crippen molar-refractivity contribution in [3.05, 3.63) is 57.8 Å². The maximum atomic E-state index is 5.99. The van der Waals surface area contributed by atoms with E-state index in [1.807, 2.05) is 36.4 Å². The van der Waals surface area contributed by atoms with Gasteiger partial charge in [-0.15, -0.1) is 0 Å². The lowest BCUT2D eigenvalue weighted by atomic mass is 10.3. The van der Waals surface area contributed by atoms with Crippen molar-refractivity contribution in [3.63, 3.8) is 0 Å². The van der Waals surface area contributed by atoms with E-state index in [0.717, 1.165) is 15.9 Å². The molecule has 1 N–H and O–H groups in total. The van der Waals surface area contributed by atoms with E-state index in [0.29, 0.717) is 11.6 Å². The smallest absolute Gasteiger partial charge is 0.0594 e.